The van der Waals surface area contributed by atoms with E-state index in [2.05, 4.69) is 81.5 Å². The molecule has 0 aliphatic carbocycles. The van der Waals surface area contributed by atoms with Crippen LogP contribution in [0, 0.1) is 0 Å². The fraction of sp³-hybridized carbons (Fsp3) is 0.809. The van der Waals surface area contributed by atoms with Crippen molar-refractivity contribution in [3.63, 3.8) is 0 Å². The molecule has 0 radical (unpaired) electrons. The summed E-state index contributed by atoms with van der Waals surface area (Å²) < 4.78 is 16.9. The molecule has 0 heterocycles. The van der Waals surface area contributed by atoms with Crippen molar-refractivity contribution in [3.8, 4) is 0 Å². The highest BCUT2D eigenvalue weighted by Gasteiger charge is 2.19. The lowest BCUT2D eigenvalue weighted by Crippen LogP contribution is -2.30. The van der Waals surface area contributed by atoms with Gasteiger partial charge in [-0.25, -0.2) is 0 Å². The normalized spacial score (nSPS) is 12.4. The molecule has 0 amide bonds. The van der Waals surface area contributed by atoms with Gasteiger partial charge in [0.25, 0.3) is 0 Å². The molecular formula is C68H122O6. The third-order valence-electron chi connectivity index (χ3n) is 14.2. The highest BCUT2D eigenvalue weighted by atomic mass is 16.6. The van der Waals surface area contributed by atoms with E-state index in [4.69, 9.17) is 14.2 Å². The second-order valence-corrected chi connectivity index (χ2v) is 21.7. The maximum absolute atomic E-state index is 12.9. The first-order chi connectivity index (χ1) is 36.5. The fourth-order valence-electron chi connectivity index (χ4n) is 9.31. The predicted octanol–water partition coefficient (Wildman–Crippen LogP) is 21.9. The molecule has 430 valence electrons. The van der Waals surface area contributed by atoms with Gasteiger partial charge in [0.05, 0.1) is 0 Å². The highest BCUT2D eigenvalue weighted by molar-refractivity contribution is 5.71. The Balaban J connectivity index is 4.32. The maximum Gasteiger partial charge on any atom is 0.306 e. The van der Waals surface area contributed by atoms with Crippen LogP contribution in [0.25, 0.3) is 0 Å². The lowest BCUT2D eigenvalue weighted by molar-refractivity contribution is -0.167. The molecule has 0 rings (SSSR count). The molecule has 0 bridgehead atoms. The van der Waals surface area contributed by atoms with Crippen LogP contribution in [-0.4, -0.2) is 37.2 Å². The second-order valence-electron chi connectivity index (χ2n) is 21.7. The van der Waals surface area contributed by atoms with Gasteiger partial charge in [-0.15, -0.1) is 0 Å². The van der Waals surface area contributed by atoms with Crippen molar-refractivity contribution in [2.45, 2.75) is 341 Å². The highest BCUT2D eigenvalue weighted by Crippen LogP contribution is 2.17. The summed E-state index contributed by atoms with van der Waals surface area (Å²) in [5.41, 5.74) is 0. The van der Waals surface area contributed by atoms with Crippen molar-refractivity contribution >= 4 is 17.9 Å². The number of hydrogen-bond donors (Lipinski definition) is 0. The molecule has 0 spiro atoms. The summed E-state index contributed by atoms with van der Waals surface area (Å²) in [4.78, 5) is 38.3. The number of rotatable bonds is 59. The summed E-state index contributed by atoms with van der Waals surface area (Å²) >= 11 is 0. The molecule has 6 heteroatoms. The van der Waals surface area contributed by atoms with Gasteiger partial charge in [0, 0.05) is 19.3 Å². The Hall–Kier alpha value is -2.89. The largest absolute Gasteiger partial charge is 0.462 e. The number of ether oxygens (including phenoxy) is 3. The molecule has 74 heavy (non-hydrogen) atoms. The lowest BCUT2D eigenvalue weighted by Gasteiger charge is -2.18. The van der Waals surface area contributed by atoms with Crippen LogP contribution in [0.2, 0.25) is 0 Å². The number of carbonyl (C=O) groups is 3. The molecular weight excluding hydrogens is 913 g/mol. The smallest absolute Gasteiger partial charge is 0.306 e. The van der Waals surface area contributed by atoms with E-state index in [-0.39, 0.29) is 31.1 Å². The van der Waals surface area contributed by atoms with Gasteiger partial charge in [-0.2, -0.15) is 0 Å². The summed E-state index contributed by atoms with van der Waals surface area (Å²) in [7, 11) is 0. The van der Waals surface area contributed by atoms with E-state index in [1.54, 1.807) is 0 Å². The van der Waals surface area contributed by atoms with Crippen LogP contribution in [-0.2, 0) is 28.6 Å². The molecule has 0 saturated carbocycles. The van der Waals surface area contributed by atoms with E-state index >= 15 is 0 Å². The first kappa shape index (κ1) is 71.1. The van der Waals surface area contributed by atoms with Crippen molar-refractivity contribution in [1.82, 2.24) is 0 Å². The maximum atomic E-state index is 12.9. The molecule has 0 fully saturated rings. The van der Waals surface area contributed by atoms with Gasteiger partial charge < -0.3 is 14.2 Å². The summed E-state index contributed by atoms with van der Waals surface area (Å²) in [5.74, 6) is -0.882. The minimum atomic E-state index is -0.783. The number of allylic oxidation sites excluding steroid dienone is 10. The van der Waals surface area contributed by atoms with Crippen molar-refractivity contribution < 1.29 is 28.6 Å². The molecule has 0 saturated heterocycles. The van der Waals surface area contributed by atoms with Gasteiger partial charge in [-0.3, -0.25) is 14.4 Å². The summed E-state index contributed by atoms with van der Waals surface area (Å²) in [6.45, 7) is 6.60. The Morgan fingerprint density at radius 1 is 0.270 bits per heavy atom. The van der Waals surface area contributed by atoms with Gasteiger partial charge in [0.2, 0.25) is 0 Å². The molecule has 0 aliphatic heterocycles. The van der Waals surface area contributed by atoms with E-state index in [1.807, 2.05) is 0 Å². The monoisotopic (exact) mass is 1030 g/mol. The third kappa shape index (κ3) is 60.0. The quantitative estimate of drug-likeness (QED) is 0.0261. The Kier molecular flexibility index (Phi) is 60.2. The lowest BCUT2D eigenvalue weighted by atomic mass is 10.0. The van der Waals surface area contributed by atoms with Crippen molar-refractivity contribution in [2.24, 2.45) is 0 Å². The van der Waals surface area contributed by atoms with Crippen molar-refractivity contribution in [2.75, 3.05) is 13.2 Å². The molecule has 1 atom stereocenters. The van der Waals surface area contributed by atoms with Crippen LogP contribution < -0.4 is 0 Å². The predicted molar refractivity (Wildman–Crippen MR) is 321 cm³/mol. The zero-order chi connectivity index (χ0) is 53.6. The Morgan fingerprint density at radius 2 is 0.500 bits per heavy atom. The van der Waals surface area contributed by atoms with E-state index in [9.17, 15) is 14.4 Å². The zero-order valence-corrected chi connectivity index (χ0v) is 49.4. The standard InChI is InChI=1S/C68H122O6/c1-4-7-10-13-16-19-22-25-28-30-32-33-34-35-37-38-40-43-46-49-52-55-58-61-67(70)73-64-65(63-72-66(69)60-57-54-51-48-45-42-27-24-21-18-15-12-9-6-3)74-68(71)62-59-56-53-50-47-44-41-39-36-31-29-26-23-20-17-14-11-8-5-2/h15,17-18,20,24,26-27,29-30,32,65H,4-14,16,19,21-23,25,28,31,33-64H2,1-3H3/b18-15-,20-17-,27-24-,29-26-,32-30-. The number of unbranched alkanes of at least 4 members (excludes halogenated alkanes) is 38. The number of hydrogen-bond acceptors (Lipinski definition) is 6. The zero-order valence-electron chi connectivity index (χ0n) is 49.4. The van der Waals surface area contributed by atoms with Gasteiger partial charge >= 0.3 is 17.9 Å². The molecule has 1 unspecified atom stereocenters. The van der Waals surface area contributed by atoms with Gasteiger partial charge in [-0.1, -0.05) is 274 Å². The molecule has 0 aliphatic rings. The van der Waals surface area contributed by atoms with E-state index in [0.29, 0.717) is 19.3 Å². The van der Waals surface area contributed by atoms with Crippen LogP contribution in [0.1, 0.15) is 335 Å². The minimum absolute atomic E-state index is 0.0790. The molecule has 0 aromatic rings. The minimum Gasteiger partial charge on any atom is -0.462 e. The molecule has 0 N–H and O–H groups in total. The van der Waals surface area contributed by atoms with Gasteiger partial charge in [0.15, 0.2) is 6.10 Å². The van der Waals surface area contributed by atoms with E-state index in [1.165, 1.54) is 212 Å². The number of esters is 3. The third-order valence-corrected chi connectivity index (χ3v) is 14.2. The average molecular weight is 1040 g/mol. The van der Waals surface area contributed by atoms with E-state index < -0.39 is 6.10 Å². The Morgan fingerprint density at radius 3 is 0.824 bits per heavy atom. The fourth-order valence-corrected chi connectivity index (χ4v) is 9.31. The summed E-state index contributed by atoms with van der Waals surface area (Å²) in [5, 5.41) is 0. The van der Waals surface area contributed by atoms with Crippen molar-refractivity contribution in [3.05, 3.63) is 60.8 Å². The van der Waals surface area contributed by atoms with Gasteiger partial charge in [0.1, 0.15) is 13.2 Å². The summed E-state index contributed by atoms with van der Waals surface area (Å²) in [6.07, 6.45) is 79.4. The van der Waals surface area contributed by atoms with Crippen LogP contribution >= 0.6 is 0 Å². The first-order valence-corrected chi connectivity index (χ1v) is 32.3. The topological polar surface area (TPSA) is 78.9 Å². The second kappa shape index (κ2) is 62.6. The Bertz CT molecular complexity index is 1330. The van der Waals surface area contributed by atoms with Crippen LogP contribution in [0.15, 0.2) is 60.8 Å². The SMILES string of the molecule is CCCC/C=C\C/C=C\CCCCCCCC(=O)OCC(COC(=O)CCCCCCCCCCCCC/C=C\CCCCCCCCCC)OC(=O)CCCCCCCCCCC/C=C\C/C=C\CCCCC. The number of carbonyl (C=O) groups excluding carboxylic acids is 3. The van der Waals surface area contributed by atoms with Crippen LogP contribution in [0.4, 0.5) is 0 Å². The van der Waals surface area contributed by atoms with Crippen LogP contribution in [0.5, 0.6) is 0 Å². The van der Waals surface area contributed by atoms with E-state index in [0.717, 1.165) is 83.5 Å². The van der Waals surface area contributed by atoms with Crippen LogP contribution in [0.3, 0.4) is 0 Å². The average Bonchev–Trinajstić information content (AvgIpc) is 3.40. The summed E-state index contributed by atoms with van der Waals surface area (Å²) in [6, 6.07) is 0. The Labute approximate surface area is 460 Å². The van der Waals surface area contributed by atoms with Gasteiger partial charge in [-0.05, 0) is 103 Å². The molecule has 6 nitrogen and oxygen atoms in total. The molecule has 0 aromatic carbocycles. The molecule has 0 aromatic heterocycles. The van der Waals surface area contributed by atoms with Crippen molar-refractivity contribution in [1.29, 1.82) is 0 Å². The first-order valence-electron chi connectivity index (χ1n) is 32.3.